The number of hydrogen-bond donors (Lipinski definition) is 1. The van der Waals surface area contributed by atoms with E-state index in [0.29, 0.717) is 12.1 Å². The van der Waals surface area contributed by atoms with E-state index in [9.17, 15) is 0 Å². The van der Waals surface area contributed by atoms with Crippen LogP contribution in [0.25, 0.3) is 0 Å². The summed E-state index contributed by atoms with van der Waals surface area (Å²) in [6.07, 6.45) is 2.20. The highest BCUT2D eigenvalue weighted by Gasteiger charge is 2.07. The number of rotatable bonds is 7. The van der Waals surface area contributed by atoms with Gasteiger partial charge in [-0.15, -0.1) is 0 Å². The van der Waals surface area contributed by atoms with Crippen molar-refractivity contribution in [2.24, 2.45) is 0 Å². The Labute approximate surface area is 105 Å². The van der Waals surface area contributed by atoms with Crippen LogP contribution in [0.1, 0.15) is 52.1 Å². The summed E-state index contributed by atoms with van der Waals surface area (Å²) in [6.45, 7) is 9.53. The van der Waals surface area contributed by atoms with Gasteiger partial charge in [-0.1, -0.05) is 26.0 Å². The van der Waals surface area contributed by atoms with Crippen LogP contribution in [-0.4, -0.2) is 12.6 Å². The molecule has 0 aliphatic rings. The molecule has 0 radical (unpaired) electrons. The second kappa shape index (κ2) is 7.33. The van der Waals surface area contributed by atoms with Gasteiger partial charge >= 0.3 is 0 Å². The van der Waals surface area contributed by atoms with Gasteiger partial charge in [0.25, 0.3) is 0 Å². The fourth-order valence-corrected chi connectivity index (χ4v) is 1.71. The molecule has 17 heavy (non-hydrogen) atoms. The van der Waals surface area contributed by atoms with Gasteiger partial charge in [0.05, 0.1) is 6.61 Å². The summed E-state index contributed by atoms with van der Waals surface area (Å²) in [5.41, 5.74) is 1.31. The Balaban J connectivity index is 2.54. The molecule has 1 aromatic rings. The Morgan fingerprint density at radius 1 is 1.12 bits per heavy atom. The van der Waals surface area contributed by atoms with Crippen molar-refractivity contribution < 1.29 is 4.74 Å². The maximum absolute atomic E-state index is 5.57. The third-order valence-electron chi connectivity index (χ3n) is 3.00. The summed E-state index contributed by atoms with van der Waals surface area (Å²) < 4.78 is 5.57. The average Bonchev–Trinajstić information content (AvgIpc) is 2.36. The Morgan fingerprint density at radius 2 is 1.76 bits per heavy atom. The molecule has 2 atom stereocenters. The minimum absolute atomic E-state index is 0.394. The van der Waals surface area contributed by atoms with Crippen LogP contribution in [-0.2, 0) is 0 Å². The number of nitrogens with one attached hydrogen (secondary N) is 1. The molecular formula is C15H25NO. The van der Waals surface area contributed by atoms with Gasteiger partial charge in [-0.2, -0.15) is 0 Å². The van der Waals surface area contributed by atoms with Gasteiger partial charge in [0, 0.05) is 12.1 Å². The lowest BCUT2D eigenvalue weighted by Gasteiger charge is -2.19. The van der Waals surface area contributed by atoms with Crippen LogP contribution in [0.5, 0.6) is 5.75 Å². The van der Waals surface area contributed by atoms with E-state index in [1.54, 1.807) is 0 Å². The molecule has 0 fully saturated rings. The average molecular weight is 235 g/mol. The van der Waals surface area contributed by atoms with Crippen molar-refractivity contribution in [2.45, 2.75) is 52.6 Å². The topological polar surface area (TPSA) is 21.3 Å². The zero-order chi connectivity index (χ0) is 12.7. The van der Waals surface area contributed by atoms with E-state index in [2.05, 4.69) is 57.3 Å². The number of benzene rings is 1. The van der Waals surface area contributed by atoms with Crippen molar-refractivity contribution in [3.05, 3.63) is 29.8 Å². The van der Waals surface area contributed by atoms with E-state index in [1.165, 1.54) is 5.56 Å². The first-order valence-electron chi connectivity index (χ1n) is 6.66. The normalized spacial score (nSPS) is 14.4. The Bertz CT molecular complexity index is 307. The van der Waals surface area contributed by atoms with Crippen molar-refractivity contribution >= 4 is 0 Å². The van der Waals surface area contributed by atoms with Gasteiger partial charge in [0.15, 0.2) is 0 Å². The summed E-state index contributed by atoms with van der Waals surface area (Å²) in [5, 5.41) is 3.57. The van der Waals surface area contributed by atoms with Crippen LogP contribution < -0.4 is 10.1 Å². The molecule has 96 valence electrons. The van der Waals surface area contributed by atoms with Gasteiger partial charge in [-0.05, 0) is 44.4 Å². The van der Waals surface area contributed by atoms with Crippen LogP contribution >= 0.6 is 0 Å². The van der Waals surface area contributed by atoms with Crippen LogP contribution in [0.4, 0.5) is 0 Å². The molecule has 1 N–H and O–H groups in total. The monoisotopic (exact) mass is 235 g/mol. The molecule has 0 spiro atoms. The fourth-order valence-electron chi connectivity index (χ4n) is 1.71. The SMILES string of the molecule is CCCOc1ccc([C@@H](C)N[C@H](C)CC)cc1. The molecule has 0 saturated carbocycles. The van der Waals surface area contributed by atoms with Crippen LogP contribution in [0.3, 0.4) is 0 Å². The molecule has 0 aliphatic heterocycles. The highest BCUT2D eigenvalue weighted by Crippen LogP contribution is 2.18. The second-order valence-corrected chi connectivity index (χ2v) is 4.62. The highest BCUT2D eigenvalue weighted by molar-refractivity contribution is 5.28. The molecular weight excluding hydrogens is 210 g/mol. The van der Waals surface area contributed by atoms with Crippen molar-refractivity contribution in [3.8, 4) is 5.75 Å². The summed E-state index contributed by atoms with van der Waals surface area (Å²) in [5.74, 6) is 0.964. The van der Waals surface area contributed by atoms with E-state index in [-0.39, 0.29) is 0 Å². The highest BCUT2D eigenvalue weighted by atomic mass is 16.5. The molecule has 2 nitrogen and oxygen atoms in total. The Morgan fingerprint density at radius 3 is 2.29 bits per heavy atom. The van der Waals surface area contributed by atoms with Crippen LogP contribution in [0.2, 0.25) is 0 Å². The van der Waals surface area contributed by atoms with E-state index in [0.717, 1.165) is 25.2 Å². The predicted molar refractivity (Wildman–Crippen MR) is 73.5 cm³/mol. The first-order valence-corrected chi connectivity index (χ1v) is 6.66. The quantitative estimate of drug-likeness (QED) is 0.773. The standard InChI is InChI=1S/C15H25NO/c1-5-11-17-15-9-7-14(8-10-15)13(4)16-12(3)6-2/h7-10,12-13,16H,5-6,11H2,1-4H3/t12-,13-/m1/s1. The molecule has 0 aliphatic carbocycles. The Kier molecular flexibility index (Phi) is 6.06. The molecule has 0 unspecified atom stereocenters. The Hall–Kier alpha value is -1.02. The predicted octanol–water partition coefficient (Wildman–Crippen LogP) is 3.92. The molecule has 1 rings (SSSR count). The number of hydrogen-bond acceptors (Lipinski definition) is 2. The van der Waals surface area contributed by atoms with Crippen molar-refractivity contribution in [1.82, 2.24) is 5.32 Å². The fraction of sp³-hybridized carbons (Fsp3) is 0.600. The summed E-state index contributed by atoms with van der Waals surface area (Å²) >= 11 is 0. The van der Waals surface area contributed by atoms with Crippen molar-refractivity contribution in [3.63, 3.8) is 0 Å². The summed E-state index contributed by atoms with van der Waals surface area (Å²) in [7, 11) is 0. The number of ether oxygens (including phenoxy) is 1. The van der Waals surface area contributed by atoms with Gasteiger partial charge < -0.3 is 10.1 Å². The van der Waals surface area contributed by atoms with Crippen molar-refractivity contribution in [2.75, 3.05) is 6.61 Å². The third kappa shape index (κ3) is 4.78. The van der Waals surface area contributed by atoms with E-state index < -0.39 is 0 Å². The lowest BCUT2D eigenvalue weighted by atomic mass is 10.1. The third-order valence-corrected chi connectivity index (χ3v) is 3.00. The van der Waals surface area contributed by atoms with Gasteiger partial charge in [0.2, 0.25) is 0 Å². The lowest BCUT2D eigenvalue weighted by Crippen LogP contribution is -2.28. The first kappa shape index (κ1) is 14.0. The largest absolute Gasteiger partial charge is 0.494 e. The molecule has 1 aromatic carbocycles. The van der Waals surface area contributed by atoms with Crippen LogP contribution in [0, 0.1) is 0 Å². The van der Waals surface area contributed by atoms with Gasteiger partial charge in [0.1, 0.15) is 5.75 Å². The minimum Gasteiger partial charge on any atom is -0.494 e. The van der Waals surface area contributed by atoms with E-state index >= 15 is 0 Å². The maximum atomic E-state index is 5.57. The first-order chi connectivity index (χ1) is 8.17. The molecule has 2 heteroatoms. The maximum Gasteiger partial charge on any atom is 0.119 e. The molecule has 0 bridgehead atoms. The van der Waals surface area contributed by atoms with E-state index in [1.807, 2.05) is 0 Å². The molecule has 0 saturated heterocycles. The van der Waals surface area contributed by atoms with Crippen molar-refractivity contribution in [1.29, 1.82) is 0 Å². The van der Waals surface area contributed by atoms with Gasteiger partial charge in [-0.25, -0.2) is 0 Å². The lowest BCUT2D eigenvalue weighted by molar-refractivity contribution is 0.317. The molecule has 0 heterocycles. The molecule has 0 amide bonds. The zero-order valence-corrected chi connectivity index (χ0v) is 11.5. The summed E-state index contributed by atoms with van der Waals surface area (Å²) in [6, 6.07) is 9.35. The minimum atomic E-state index is 0.394. The summed E-state index contributed by atoms with van der Waals surface area (Å²) in [4.78, 5) is 0. The molecule has 0 aromatic heterocycles. The van der Waals surface area contributed by atoms with Gasteiger partial charge in [-0.3, -0.25) is 0 Å². The smallest absolute Gasteiger partial charge is 0.119 e. The van der Waals surface area contributed by atoms with Crippen LogP contribution in [0.15, 0.2) is 24.3 Å². The second-order valence-electron chi connectivity index (χ2n) is 4.62. The zero-order valence-electron chi connectivity index (χ0n) is 11.5. The van der Waals surface area contributed by atoms with E-state index in [4.69, 9.17) is 4.74 Å².